The van der Waals surface area contributed by atoms with E-state index in [-0.39, 0.29) is 0 Å². The molecule has 4 N–H and O–H groups in total. The number of hydrogen-bond donors (Lipinski definition) is 2. The van der Waals surface area contributed by atoms with Gasteiger partial charge in [0.15, 0.2) is 0 Å². The van der Waals surface area contributed by atoms with Crippen LogP contribution in [-0.2, 0) is 0 Å². The fourth-order valence-electron chi connectivity index (χ4n) is 0.906. The molecule has 1 aromatic heterocycles. The summed E-state index contributed by atoms with van der Waals surface area (Å²) in [5, 5.41) is 0. The average molecular weight is 175 g/mol. The zero-order valence-corrected chi connectivity index (χ0v) is 7.67. The number of nitrogens with zero attached hydrogens (tertiary/aromatic N) is 1. The third kappa shape index (κ3) is 2.77. The highest BCUT2D eigenvalue weighted by atomic mass is 14.7. The van der Waals surface area contributed by atoms with E-state index in [0.717, 1.165) is 11.3 Å². The minimum atomic E-state index is 0.585. The molecule has 0 saturated heterocycles. The summed E-state index contributed by atoms with van der Waals surface area (Å²) in [4.78, 5) is 4.10. The van der Waals surface area contributed by atoms with E-state index in [4.69, 9.17) is 11.5 Å². The minimum Gasteiger partial charge on any atom is -0.397 e. The second kappa shape index (κ2) is 4.48. The Labute approximate surface area is 78.2 Å². The number of hydrogen-bond acceptors (Lipinski definition) is 3. The number of nitrogens with two attached hydrogens (primary N) is 2. The molecular formula is C10H13N3. The van der Waals surface area contributed by atoms with E-state index in [2.05, 4.69) is 16.8 Å². The van der Waals surface area contributed by atoms with Crippen LogP contribution in [0.15, 0.2) is 12.3 Å². The Kier molecular flexibility index (Phi) is 3.30. The van der Waals surface area contributed by atoms with E-state index in [1.54, 1.807) is 6.20 Å². The number of anilines is 1. The molecule has 0 atom stereocenters. The third-order valence-electron chi connectivity index (χ3n) is 1.60. The first-order chi connectivity index (χ1) is 6.24. The van der Waals surface area contributed by atoms with Crippen LogP contribution in [-0.4, -0.2) is 11.5 Å². The van der Waals surface area contributed by atoms with E-state index in [9.17, 15) is 0 Å². The van der Waals surface area contributed by atoms with Gasteiger partial charge in [0.05, 0.1) is 17.6 Å². The molecule has 1 aromatic rings. The zero-order valence-electron chi connectivity index (χ0n) is 7.67. The van der Waals surface area contributed by atoms with Crippen LogP contribution >= 0.6 is 0 Å². The molecule has 1 heterocycles. The normalized spacial score (nSPS) is 9.08. The van der Waals surface area contributed by atoms with Crippen LogP contribution in [0.25, 0.3) is 0 Å². The second-order valence-electron chi connectivity index (χ2n) is 2.74. The molecule has 0 aliphatic carbocycles. The molecule has 3 nitrogen and oxygen atoms in total. The molecule has 13 heavy (non-hydrogen) atoms. The molecular weight excluding hydrogens is 162 g/mol. The van der Waals surface area contributed by atoms with Crippen LogP contribution < -0.4 is 11.5 Å². The molecule has 0 bridgehead atoms. The molecule has 0 unspecified atom stereocenters. The lowest BCUT2D eigenvalue weighted by Gasteiger charge is -1.97. The van der Waals surface area contributed by atoms with Gasteiger partial charge in [-0.3, -0.25) is 4.98 Å². The number of pyridine rings is 1. The highest BCUT2D eigenvalue weighted by Gasteiger charge is 1.95. The van der Waals surface area contributed by atoms with Crippen molar-refractivity contribution in [1.82, 2.24) is 4.98 Å². The lowest BCUT2D eigenvalue weighted by Crippen LogP contribution is -1.96. The summed E-state index contributed by atoms with van der Waals surface area (Å²) in [7, 11) is 0. The average Bonchev–Trinajstić information content (AvgIpc) is 2.11. The van der Waals surface area contributed by atoms with Crippen LogP contribution in [0.3, 0.4) is 0 Å². The topological polar surface area (TPSA) is 64.9 Å². The summed E-state index contributed by atoms with van der Waals surface area (Å²) >= 11 is 0. The zero-order chi connectivity index (χ0) is 9.68. The summed E-state index contributed by atoms with van der Waals surface area (Å²) in [6.45, 7) is 2.49. The molecule has 0 spiro atoms. The molecule has 3 heteroatoms. The lowest BCUT2D eigenvalue weighted by molar-refractivity contribution is 1.03. The summed E-state index contributed by atoms with van der Waals surface area (Å²) < 4.78 is 0. The largest absolute Gasteiger partial charge is 0.397 e. The summed E-state index contributed by atoms with van der Waals surface area (Å²) in [5.74, 6) is 5.93. The molecule has 0 aliphatic rings. The Balaban J connectivity index is 2.89. The fraction of sp³-hybridized carbons (Fsp3) is 0.300. The van der Waals surface area contributed by atoms with Crippen molar-refractivity contribution >= 4 is 5.69 Å². The van der Waals surface area contributed by atoms with Gasteiger partial charge in [-0.1, -0.05) is 11.8 Å². The highest BCUT2D eigenvalue weighted by molar-refractivity contribution is 5.47. The van der Waals surface area contributed by atoms with Gasteiger partial charge in [0.1, 0.15) is 0 Å². The summed E-state index contributed by atoms with van der Waals surface area (Å²) in [5.41, 5.74) is 13.3. The Morgan fingerprint density at radius 2 is 2.31 bits per heavy atom. The van der Waals surface area contributed by atoms with E-state index >= 15 is 0 Å². The number of nitrogen functional groups attached to an aromatic ring is 1. The predicted octanol–water partition coefficient (Wildman–Crippen LogP) is 0.673. The summed E-state index contributed by atoms with van der Waals surface area (Å²) in [6, 6.07) is 1.83. The standard InChI is InChI=1S/C10H13N3/c1-8-9(4-2-3-5-11)6-10(12)7-13-8/h6-7H,3,5,11-12H2,1H3. The second-order valence-corrected chi connectivity index (χ2v) is 2.74. The number of aromatic nitrogens is 1. The van der Waals surface area contributed by atoms with E-state index in [1.165, 1.54) is 0 Å². The van der Waals surface area contributed by atoms with Gasteiger partial charge in [0.2, 0.25) is 0 Å². The predicted molar refractivity (Wildman–Crippen MR) is 53.9 cm³/mol. The first-order valence-electron chi connectivity index (χ1n) is 4.15. The Hall–Kier alpha value is -1.53. The van der Waals surface area contributed by atoms with Crippen LogP contribution in [0.1, 0.15) is 17.7 Å². The summed E-state index contributed by atoms with van der Waals surface area (Å²) in [6.07, 6.45) is 2.33. The molecule has 1 rings (SSSR count). The number of aryl methyl sites for hydroxylation is 1. The van der Waals surface area contributed by atoms with Gasteiger partial charge in [-0.25, -0.2) is 0 Å². The highest BCUT2D eigenvalue weighted by Crippen LogP contribution is 2.07. The van der Waals surface area contributed by atoms with Gasteiger partial charge in [0.25, 0.3) is 0 Å². The molecule has 0 radical (unpaired) electrons. The quantitative estimate of drug-likeness (QED) is 0.617. The van der Waals surface area contributed by atoms with Crippen molar-refractivity contribution in [3.8, 4) is 11.8 Å². The van der Waals surface area contributed by atoms with Crippen LogP contribution in [0, 0.1) is 18.8 Å². The van der Waals surface area contributed by atoms with Gasteiger partial charge in [-0.15, -0.1) is 0 Å². The first-order valence-corrected chi connectivity index (χ1v) is 4.15. The maximum atomic E-state index is 5.58. The van der Waals surface area contributed by atoms with Crippen molar-refractivity contribution in [2.45, 2.75) is 13.3 Å². The van der Waals surface area contributed by atoms with Crippen LogP contribution in [0.5, 0.6) is 0 Å². The fourth-order valence-corrected chi connectivity index (χ4v) is 0.906. The van der Waals surface area contributed by atoms with Gasteiger partial charge < -0.3 is 11.5 Å². The maximum absolute atomic E-state index is 5.58. The smallest absolute Gasteiger partial charge is 0.0530 e. The monoisotopic (exact) mass is 175 g/mol. The van der Waals surface area contributed by atoms with Crippen molar-refractivity contribution in [2.24, 2.45) is 5.73 Å². The van der Waals surface area contributed by atoms with Crippen molar-refractivity contribution in [1.29, 1.82) is 0 Å². The Bertz CT molecular complexity index is 347. The molecule has 0 fully saturated rings. The van der Waals surface area contributed by atoms with Crippen molar-refractivity contribution in [3.63, 3.8) is 0 Å². The minimum absolute atomic E-state index is 0.585. The van der Waals surface area contributed by atoms with E-state index < -0.39 is 0 Å². The number of rotatable bonds is 1. The van der Waals surface area contributed by atoms with E-state index in [0.29, 0.717) is 18.7 Å². The molecule has 0 amide bonds. The molecule has 0 saturated carbocycles. The van der Waals surface area contributed by atoms with Gasteiger partial charge in [0, 0.05) is 18.5 Å². The van der Waals surface area contributed by atoms with Crippen LogP contribution in [0.2, 0.25) is 0 Å². The van der Waals surface area contributed by atoms with Crippen molar-refractivity contribution in [2.75, 3.05) is 12.3 Å². The van der Waals surface area contributed by atoms with Gasteiger partial charge >= 0.3 is 0 Å². The van der Waals surface area contributed by atoms with Gasteiger partial charge in [-0.05, 0) is 13.0 Å². The SMILES string of the molecule is Cc1ncc(N)cc1C#CCCN. The van der Waals surface area contributed by atoms with Crippen molar-refractivity contribution in [3.05, 3.63) is 23.5 Å². The lowest BCUT2D eigenvalue weighted by atomic mass is 10.2. The molecule has 0 aliphatic heterocycles. The third-order valence-corrected chi connectivity index (χ3v) is 1.60. The maximum Gasteiger partial charge on any atom is 0.0530 e. The Morgan fingerprint density at radius 3 is 3.00 bits per heavy atom. The molecule has 0 aromatic carbocycles. The van der Waals surface area contributed by atoms with Crippen molar-refractivity contribution < 1.29 is 0 Å². The van der Waals surface area contributed by atoms with E-state index in [1.807, 2.05) is 13.0 Å². The first kappa shape index (κ1) is 9.56. The van der Waals surface area contributed by atoms with Crippen LogP contribution in [0.4, 0.5) is 5.69 Å². The van der Waals surface area contributed by atoms with Gasteiger partial charge in [-0.2, -0.15) is 0 Å². The Morgan fingerprint density at radius 1 is 1.54 bits per heavy atom. The molecule has 68 valence electrons.